The Morgan fingerprint density at radius 2 is 1.70 bits per heavy atom. The molecule has 4 rings (SSSR count). The maximum Gasteiger partial charge on any atom is 0.227 e. The largest absolute Gasteiger partial charge is 0.368 e. The molecule has 138 valence electrons. The number of carbonyl (C=O) groups is 1. The number of carbonyl (C=O) groups excluding carboxylic acids is 1. The van der Waals surface area contributed by atoms with Crippen LogP contribution in [0.4, 0.5) is 5.69 Å². The highest BCUT2D eigenvalue weighted by Crippen LogP contribution is 2.26. The second-order valence-electron chi connectivity index (χ2n) is 7.11. The van der Waals surface area contributed by atoms with Crippen LogP contribution in [0.1, 0.15) is 11.1 Å². The Morgan fingerprint density at radius 1 is 0.963 bits per heavy atom. The first kappa shape index (κ1) is 17.9. The molecule has 0 aromatic heterocycles. The van der Waals surface area contributed by atoms with Crippen molar-refractivity contribution < 1.29 is 4.79 Å². The number of benzene rings is 3. The van der Waals surface area contributed by atoms with Crippen molar-refractivity contribution in [3.63, 3.8) is 0 Å². The van der Waals surface area contributed by atoms with E-state index in [1.165, 1.54) is 22.0 Å². The zero-order valence-electron chi connectivity index (χ0n) is 15.5. The van der Waals surface area contributed by atoms with E-state index in [0.717, 1.165) is 36.8 Å². The van der Waals surface area contributed by atoms with E-state index in [0.29, 0.717) is 6.42 Å². The lowest BCUT2D eigenvalue weighted by molar-refractivity contribution is -0.130. The highest BCUT2D eigenvalue weighted by molar-refractivity contribution is 6.30. The highest BCUT2D eigenvalue weighted by atomic mass is 35.5. The van der Waals surface area contributed by atoms with Crippen molar-refractivity contribution in [2.75, 3.05) is 31.1 Å². The minimum atomic E-state index is 0.203. The van der Waals surface area contributed by atoms with Crippen LogP contribution in [0.25, 0.3) is 10.8 Å². The second-order valence-corrected chi connectivity index (χ2v) is 7.55. The standard InChI is InChI=1S/C23H23ClN2O/c1-17-9-10-20(24)16-22(17)25-11-13-26(14-12-25)23(27)15-19-7-4-6-18-5-2-3-8-21(18)19/h2-10,16H,11-15H2,1H3. The summed E-state index contributed by atoms with van der Waals surface area (Å²) in [5.74, 6) is 0.203. The molecule has 1 heterocycles. The molecule has 1 fully saturated rings. The van der Waals surface area contributed by atoms with E-state index in [2.05, 4.69) is 42.2 Å². The summed E-state index contributed by atoms with van der Waals surface area (Å²) in [4.78, 5) is 17.2. The lowest BCUT2D eigenvalue weighted by atomic mass is 10.0. The minimum Gasteiger partial charge on any atom is -0.368 e. The Kier molecular flexibility index (Phi) is 5.04. The van der Waals surface area contributed by atoms with Crippen LogP contribution in [0, 0.1) is 6.92 Å². The molecule has 4 heteroatoms. The number of rotatable bonds is 3. The SMILES string of the molecule is Cc1ccc(Cl)cc1N1CCN(C(=O)Cc2cccc3ccccc23)CC1. The number of fused-ring (bicyclic) bond motifs is 1. The van der Waals surface area contributed by atoms with Crippen molar-refractivity contribution in [3.8, 4) is 0 Å². The van der Waals surface area contributed by atoms with Crippen molar-refractivity contribution in [2.45, 2.75) is 13.3 Å². The average molecular weight is 379 g/mol. The van der Waals surface area contributed by atoms with Gasteiger partial charge in [0.15, 0.2) is 0 Å². The molecule has 27 heavy (non-hydrogen) atoms. The number of halogens is 1. The van der Waals surface area contributed by atoms with Gasteiger partial charge in [0.25, 0.3) is 0 Å². The fourth-order valence-corrected chi connectivity index (χ4v) is 4.01. The smallest absolute Gasteiger partial charge is 0.227 e. The highest BCUT2D eigenvalue weighted by Gasteiger charge is 2.22. The molecule has 0 N–H and O–H groups in total. The first-order valence-electron chi connectivity index (χ1n) is 9.37. The van der Waals surface area contributed by atoms with Gasteiger partial charge in [0, 0.05) is 36.9 Å². The summed E-state index contributed by atoms with van der Waals surface area (Å²) in [6.07, 6.45) is 0.456. The van der Waals surface area contributed by atoms with Gasteiger partial charge in [0.05, 0.1) is 6.42 Å². The van der Waals surface area contributed by atoms with E-state index in [-0.39, 0.29) is 5.91 Å². The van der Waals surface area contributed by atoms with Gasteiger partial charge in [-0.25, -0.2) is 0 Å². The molecular weight excluding hydrogens is 356 g/mol. The zero-order chi connectivity index (χ0) is 18.8. The Bertz CT molecular complexity index is 972. The molecular formula is C23H23ClN2O. The number of piperazine rings is 1. The molecule has 3 aromatic rings. The molecule has 1 aliphatic heterocycles. The van der Waals surface area contributed by atoms with E-state index in [4.69, 9.17) is 11.6 Å². The van der Waals surface area contributed by atoms with Gasteiger partial charge in [0.1, 0.15) is 0 Å². The number of aryl methyl sites for hydroxylation is 1. The summed E-state index contributed by atoms with van der Waals surface area (Å²) >= 11 is 6.16. The molecule has 1 aliphatic rings. The van der Waals surface area contributed by atoms with Crippen LogP contribution in [0.15, 0.2) is 60.7 Å². The molecule has 0 radical (unpaired) electrons. The average Bonchev–Trinajstić information content (AvgIpc) is 2.70. The number of hydrogen-bond acceptors (Lipinski definition) is 2. The molecule has 0 unspecified atom stereocenters. The number of anilines is 1. The van der Waals surface area contributed by atoms with Gasteiger partial charge >= 0.3 is 0 Å². The van der Waals surface area contributed by atoms with E-state index < -0.39 is 0 Å². The fraction of sp³-hybridized carbons (Fsp3) is 0.261. The molecule has 0 aliphatic carbocycles. The van der Waals surface area contributed by atoms with Gasteiger partial charge in [0.2, 0.25) is 5.91 Å². The summed E-state index contributed by atoms with van der Waals surface area (Å²) in [5.41, 5.74) is 3.49. The van der Waals surface area contributed by atoms with Gasteiger partial charge < -0.3 is 9.80 Å². The Hall–Kier alpha value is -2.52. The Labute approximate surface area is 165 Å². The molecule has 0 bridgehead atoms. The third-order valence-corrected chi connectivity index (χ3v) is 5.60. The first-order valence-corrected chi connectivity index (χ1v) is 9.75. The normalized spacial score (nSPS) is 14.6. The van der Waals surface area contributed by atoms with Crippen molar-refractivity contribution in [2.24, 2.45) is 0 Å². The third kappa shape index (κ3) is 3.79. The monoisotopic (exact) mass is 378 g/mol. The van der Waals surface area contributed by atoms with Crippen LogP contribution < -0.4 is 4.90 Å². The first-order chi connectivity index (χ1) is 13.1. The van der Waals surface area contributed by atoms with Crippen molar-refractivity contribution in [3.05, 3.63) is 76.8 Å². The van der Waals surface area contributed by atoms with Crippen LogP contribution in [-0.2, 0) is 11.2 Å². The predicted molar refractivity (Wildman–Crippen MR) is 113 cm³/mol. The van der Waals surface area contributed by atoms with Gasteiger partial charge in [-0.05, 0) is 41.0 Å². The minimum absolute atomic E-state index is 0.203. The fourth-order valence-electron chi connectivity index (χ4n) is 3.84. The molecule has 0 saturated carbocycles. The lowest BCUT2D eigenvalue weighted by Crippen LogP contribution is -2.49. The second kappa shape index (κ2) is 7.61. The zero-order valence-corrected chi connectivity index (χ0v) is 16.2. The maximum atomic E-state index is 12.9. The summed E-state index contributed by atoms with van der Waals surface area (Å²) in [6.45, 7) is 5.26. The quantitative estimate of drug-likeness (QED) is 0.660. The number of nitrogens with zero attached hydrogens (tertiary/aromatic N) is 2. The number of amides is 1. The summed E-state index contributed by atoms with van der Waals surface area (Å²) in [6, 6.07) is 20.4. The molecule has 0 atom stereocenters. The van der Waals surface area contributed by atoms with Crippen LogP contribution >= 0.6 is 11.6 Å². The summed E-state index contributed by atoms with van der Waals surface area (Å²) in [7, 11) is 0. The lowest BCUT2D eigenvalue weighted by Gasteiger charge is -2.37. The van der Waals surface area contributed by atoms with Gasteiger partial charge in [-0.1, -0.05) is 60.1 Å². The van der Waals surface area contributed by atoms with Crippen LogP contribution in [0.3, 0.4) is 0 Å². The van der Waals surface area contributed by atoms with Gasteiger partial charge in [-0.2, -0.15) is 0 Å². The maximum absolute atomic E-state index is 12.9. The van der Waals surface area contributed by atoms with Crippen molar-refractivity contribution in [1.29, 1.82) is 0 Å². The molecule has 0 spiro atoms. The Morgan fingerprint density at radius 3 is 2.52 bits per heavy atom. The third-order valence-electron chi connectivity index (χ3n) is 5.37. The summed E-state index contributed by atoms with van der Waals surface area (Å²) < 4.78 is 0. The van der Waals surface area contributed by atoms with Crippen LogP contribution in [0.5, 0.6) is 0 Å². The summed E-state index contributed by atoms with van der Waals surface area (Å²) in [5, 5.41) is 3.11. The van der Waals surface area contributed by atoms with Crippen LogP contribution in [-0.4, -0.2) is 37.0 Å². The topological polar surface area (TPSA) is 23.6 Å². The van der Waals surface area contributed by atoms with E-state index in [1.54, 1.807) is 0 Å². The molecule has 3 aromatic carbocycles. The van der Waals surface area contributed by atoms with Gasteiger partial charge in [-0.3, -0.25) is 4.79 Å². The van der Waals surface area contributed by atoms with Crippen molar-refractivity contribution >= 4 is 34.0 Å². The Balaban J connectivity index is 1.43. The van der Waals surface area contributed by atoms with E-state index in [9.17, 15) is 4.79 Å². The molecule has 1 amide bonds. The molecule has 3 nitrogen and oxygen atoms in total. The number of hydrogen-bond donors (Lipinski definition) is 0. The van der Waals surface area contributed by atoms with E-state index >= 15 is 0 Å². The van der Waals surface area contributed by atoms with Crippen LogP contribution in [0.2, 0.25) is 5.02 Å². The van der Waals surface area contributed by atoms with Gasteiger partial charge in [-0.15, -0.1) is 0 Å². The predicted octanol–water partition coefficient (Wildman–Crippen LogP) is 4.69. The molecule has 1 saturated heterocycles. The van der Waals surface area contributed by atoms with E-state index in [1.807, 2.05) is 35.2 Å². The van der Waals surface area contributed by atoms with Crippen molar-refractivity contribution in [1.82, 2.24) is 4.90 Å².